The molecule has 2 aromatic carbocycles. The number of Topliss-reactive ketones (excluding diaryl/α,β-unsaturated/α-hetero) is 1. The number of carbonyl (C=O) groups excluding carboxylic acids is 1. The fraction of sp³-hybridized carbons (Fsp3) is 0.211. The van der Waals surface area contributed by atoms with Gasteiger partial charge in [-0.25, -0.2) is 0 Å². The van der Waals surface area contributed by atoms with Crippen LogP contribution in [0, 0.1) is 0 Å². The fourth-order valence-corrected chi connectivity index (χ4v) is 3.22. The lowest BCUT2D eigenvalue weighted by Crippen LogP contribution is -2.00. The summed E-state index contributed by atoms with van der Waals surface area (Å²) in [5.41, 5.74) is 3.88. The van der Waals surface area contributed by atoms with Gasteiger partial charge in [0.25, 0.3) is 0 Å². The summed E-state index contributed by atoms with van der Waals surface area (Å²) in [5, 5.41) is 0. The first-order valence-electron chi connectivity index (χ1n) is 7.56. The van der Waals surface area contributed by atoms with Crippen LogP contribution in [-0.4, -0.2) is 26.8 Å². The van der Waals surface area contributed by atoms with Crippen molar-refractivity contribution in [1.29, 1.82) is 0 Å². The highest BCUT2D eigenvalue weighted by atomic mass is 16.7. The highest BCUT2D eigenvalue weighted by Gasteiger charge is 2.31. The summed E-state index contributed by atoms with van der Waals surface area (Å²) in [7, 11) is 3.14. The number of benzene rings is 2. The fourth-order valence-electron chi connectivity index (χ4n) is 3.22. The molecule has 0 unspecified atom stereocenters. The van der Waals surface area contributed by atoms with Crippen molar-refractivity contribution in [2.45, 2.75) is 6.92 Å². The molecule has 5 nitrogen and oxygen atoms in total. The first-order valence-corrected chi connectivity index (χ1v) is 7.56. The Morgan fingerprint density at radius 3 is 2.29 bits per heavy atom. The van der Waals surface area contributed by atoms with E-state index in [2.05, 4.69) is 0 Å². The van der Waals surface area contributed by atoms with Gasteiger partial charge < -0.3 is 18.9 Å². The molecule has 0 aromatic heterocycles. The summed E-state index contributed by atoms with van der Waals surface area (Å²) in [6.07, 6.45) is 0. The van der Waals surface area contributed by atoms with Gasteiger partial charge in [0.15, 0.2) is 28.8 Å². The third kappa shape index (κ3) is 1.98. The molecule has 122 valence electrons. The van der Waals surface area contributed by atoms with Gasteiger partial charge in [0.2, 0.25) is 6.79 Å². The molecule has 1 aliphatic carbocycles. The second-order valence-corrected chi connectivity index (χ2v) is 5.65. The van der Waals surface area contributed by atoms with E-state index in [1.165, 1.54) is 0 Å². The quantitative estimate of drug-likeness (QED) is 0.864. The van der Waals surface area contributed by atoms with Crippen molar-refractivity contribution in [1.82, 2.24) is 0 Å². The predicted molar refractivity (Wildman–Crippen MR) is 88.9 cm³/mol. The molecule has 1 aliphatic heterocycles. The molecule has 0 radical (unpaired) electrons. The van der Waals surface area contributed by atoms with E-state index in [1.54, 1.807) is 20.3 Å². The molecule has 5 heteroatoms. The molecule has 0 saturated heterocycles. The molecule has 0 fully saturated rings. The van der Waals surface area contributed by atoms with Crippen LogP contribution >= 0.6 is 0 Å². The molecule has 0 bridgehead atoms. The van der Waals surface area contributed by atoms with E-state index < -0.39 is 0 Å². The van der Waals surface area contributed by atoms with E-state index in [4.69, 9.17) is 18.9 Å². The van der Waals surface area contributed by atoms with Gasteiger partial charge >= 0.3 is 0 Å². The van der Waals surface area contributed by atoms with Crippen molar-refractivity contribution in [2.24, 2.45) is 0 Å². The number of rotatable bonds is 3. The zero-order chi connectivity index (χ0) is 16.8. The zero-order valence-electron chi connectivity index (χ0n) is 13.6. The van der Waals surface area contributed by atoms with Crippen LogP contribution in [0.15, 0.2) is 30.3 Å². The Balaban J connectivity index is 1.85. The van der Waals surface area contributed by atoms with E-state index >= 15 is 0 Å². The Kier molecular flexibility index (Phi) is 3.23. The maximum atomic E-state index is 12.9. The van der Waals surface area contributed by atoms with Crippen molar-refractivity contribution in [3.8, 4) is 23.0 Å². The van der Waals surface area contributed by atoms with Crippen LogP contribution < -0.4 is 18.9 Å². The number of ketones is 1. The maximum absolute atomic E-state index is 12.9. The average Bonchev–Trinajstić information content (AvgIpc) is 3.16. The summed E-state index contributed by atoms with van der Waals surface area (Å²) in [6.45, 7) is 2.15. The first-order chi connectivity index (χ1) is 11.6. The summed E-state index contributed by atoms with van der Waals surface area (Å²) in [4.78, 5) is 12.9. The topological polar surface area (TPSA) is 54.0 Å². The van der Waals surface area contributed by atoms with Crippen LogP contribution in [0.25, 0.3) is 11.1 Å². The predicted octanol–water partition coefficient (Wildman–Crippen LogP) is 3.56. The highest BCUT2D eigenvalue weighted by Crippen LogP contribution is 2.44. The van der Waals surface area contributed by atoms with Gasteiger partial charge in [0, 0.05) is 11.1 Å². The number of hydrogen-bond donors (Lipinski definition) is 0. The number of ether oxygens (including phenoxy) is 4. The number of carbonyl (C=O) groups is 1. The molecule has 0 spiro atoms. The summed E-state index contributed by atoms with van der Waals surface area (Å²) in [6, 6.07) is 9.14. The summed E-state index contributed by atoms with van der Waals surface area (Å²) < 4.78 is 21.4. The zero-order valence-corrected chi connectivity index (χ0v) is 13.6. The van der Waals surface area contributed by atoms with E-state index in [1.807, 2.05) is 31.2 Å². The lowest BCUT2D eigenvalue weighted by Gasteiger charge is -2.10. The van der Waals surface area contributed by atoms with Gasteiger partial charge in [0.05, 0.1) is 14.2 Å². The van der Waals surface area contributed by atoms with Gasteiger partial charge in [-0.05, 0) is 47.9 Å². The highest BCUT2D eigenvalue weighted by molar-refractivity contribution is 6.39. The Morgan fingerprint density at radius 2 is 1.58 bits per heavy atom. The van der Waals surface area contributed by atoms with E-state index in [-0.39, 0.29) is 12.6 Å². The van der Waals surface area contributed by atoms with Gasteiger partial charge in [-0.3, -0.25) is 4.79 Å². The van der Waals surface area contributed by atoms with Gasteiger partial charge in [-0.15, -0.1) is 0 Å². The van der Waals surface area contributed by atoms with Crippen LogP contribution in [0.3, 0.4) is 0 Å². The Morgan fingerprint density at radius 1 is 0.917 bits per heavy atom. The van der Waals surface area contributed by atoms with E-state index in [0.29, 0.717) is 34.1 Å². The van der Waals surface area contributed by atoms with Crippen molar-refractivity contribution >= 4 is 16.9 Å². The Labute approximate surface area is 139 Å². The van der Waals surface area contributed by atoms with Gasteiger partial charge in [-0.1, -0.05) is 6.07 Å². The molecule has 4 rings (SSSR count). The van der Waals surface area contributed by atoms with Crippen LogP contribution in [0.2, 0.25) is 0 Å². The summed E-state index contributed by atoms with van der Waals surface area (Å²) >= 11 is 0. The molecule has 2 aliphatic rings. The van der Waals surface area contributed by atoms with Crippen molar-refractivity contribution in [2.75, 3.05) is 21.0 Å². The molecule has 24 heavy (non-hydrogen) atoms. The minimum atomic E-state index is -0.0256. The number of allylic oxidation sites excluding steroid dienone is 2. The number of hydrogen-bond acceptors (Lipinski definition) is 5. The third-order valence-corrected chi connectivity index (χ3v) is 4.44. The number of fused-ring (bicyclic) bond motifs is 2. The van der Waals surface area contributed by atoms with E-state index in [9.17, 15) is 4.79 Å². The normalized spacial score (nSPS) is 14.9. The minimum Gasteiger partial charge on any atom is -0.493 e. The molecule has 0 N–H and O–H groups in total. The van der Waals surface area contributed by atoms with Crippen molar-refractivity contribution < 1.29 is 23.7 Å². The van der Waals surface area contributed by atoms with Gasteiger partial charge in [-0.2, -0.15) is 0 Å². The Hall–Kier alpha value is -2.95. The largest absolute Gasteiger partial charge is 0.493 e. The molecule has 0 atom stereocenters. The molecule has 0 saturated carbocycles. The van der Waals surface area contributed by atoms with E-state index in [0.717, 1.165) is 16.7 Å². The second kappa shape index (κ2) is 5.30. The smallest absolute Gasteiger partial charge is 0.231 e. The molecular formula is C19H16O5. The van der Waals surface area contributed by atoms with Crippen LogP contribution in [0.5, 0.6) is 23.0 Å². The Bertz CT molecular complexity index is 895. The van der Waals surface area contributed by atoms with Crippen molar-refractivity contribution in [3.63, 3.8) is 0 Å². The number of methoxy groups -OCH3 is 2. The first kappa shape index (κ1) is 14.6. The lowest BCUT2D eigenvalue weighted by molar-refractivity contribution is 0.105. The molecule has 0 amide bonds. The summed E-state index contributed by atoms with van der Waals surface area (Å²) in [5.74, 6) is 2.48. The SMILES string of the molecule is COc1cc2c(cc1OC)C(C)=C(c1ccc3c(c1)OCO3)C2=O. The standard InChI is InChI=1S/C19H16O5/c1-10-12-7-15(21-2)16(22-3)8-13(12)19(20)18(10)11-4-5-14-17(6-11)24-9-23-14/h4-8H,9H2,1-3H3. The lowest BCUT2D eigenvalue weighted by atomic mass is 10.00. The minimum absolute atomic E-state index is 0.0256. The second-order valence-electron chi connectivity index (χ2n) is 5.65. The molecule has 1 heterocycles. The van der Waals surface area contributed by atoms with Crippen molar-refractivity contribution in [3.05, 3.63) is 47.0 Å². The van der Waals surface area contributed by atoms with Crippen LogP contribution in [0.4, 0.5) is 0 Å². The van der Waals surface area contributed by atoms with Gasteiger partial charge in [0.1, 0.15) is 0 Å². The van der Waals surface area contributed by atoms with Crippen LogP contribution in [-0.2, 0) is 0 Å². The molecular weight excluding hydrogens is 308 g/mol. The monoisotopic (exact) mass is 324 g/mol. The molecule has 2 aromatic rings. The third-order valence-electron chi connectivity index (χ3n) is 4.44. The average molecular weight is 324 g/mol. The van der Waals surface area contributed by atoms with Crippen LogP contribution in [0.1, 0.15) is 28.4 Å². The maximum Gasteiger partial charge on any atom is 0.231 e.